The predicted molar refractivity (Wildman–Crippen MR) is 118 cm³/mol. The van der Waals surface area contributed by atoms with Crippen molar-refractivity contribution in [3.63, 3.8) is 0 Å². The highest BCUT2D eigenvalue weighted by atomic mass is 16.5. The average Bonchev–Trinajstić information content (AvgIpc) is 3.11. The van der Waals surface area contributed by atoms with Gasteiger partial charge in [0.05, 0.1) is 0 Å². The monoisotopic (exact) mass is 440 g/mol. The summed E-state index contributed by atoms with van der Waals surface area (Å²) in [4.78, 5) is 34.7. The number of alkyl carbamates (subject to hydrolysis) is 1. The third-order valence-corrected chi connectivity index (χ3v) is 5.64. The second-order valence-electron chi connectivity index (χ2n) is 7.88. The van der Waals surface area contributed by atoms with Crippen molar-refractivity contribution >= 4 is 18.0 Å². The molecular formula is C24H28N2O6. The van der Waals surface area contributed by atoms with Gasteiger partial charge in [-0.15, -0.1) is 0 Å². The molecule has 8 nitrogen and oxygen atoms in total. The van der Waals surface area contributed by atoms with E-state index in [9.17, 15) is 19.5 Å². The molecule has 2 aromatic carbocycles. The van der Waals surface area contributed by atoms with Crippen molar-refractivity contribution in [2.75, 3.05) is 19.7 Å². The summed E-state index contributed by atoms with van der Waals surface area (Å²) in [5, 5.41) is 23.1. The molecule has 0 heterocycles. The van der Waals surface area contributed by atoms with Crippen molar-refractivity contribution in [2.24, 2.45) is 5.92 Å². The largest absolute Gasteiger partial charge is 0.479 e. The quantitative estimate of drug-likeness (QED) is 0.450. The van der Waals surface area contributed by atoms with Gasteiger partial charge in [-0.05, 0) is 28.7 Å². The fourth-order valence-electron chi connectivity index (χ4n) is 3.80. The van der Waals surface area contributed by atoms with Crippen molar-refractivity contribution in [1.82, 2.24) is 10.6 Å². The van der Waals surface area contributed by atoms with Gasteiger partial charge in [0, 0.05) is 31.3 Å². The van der Waals surface area contributed by atoms with E-state index >= 15 is 0 Å². The van der Waals surface area contributed by atoms with Crippen molar-refractivity contribution in [2.45, 2.75) is 31.8 Å². The van der Waals surface area contributed by atoms with Gasteiger partial charge >= 0.3 is 12.1 Å². The molecule has 3 rings (SSSR count). The highest BCUT2D eigenvalue weighted by Crippen LogP contribution is 2.44. The van der Waals surface area contributed by atoms with Crippen molar-refractivity contribution in [3.05, 3.63) is 59.7 Å². The molecule has 0 saturated carbocycles. The molecule has 0 bridgehead atoms. The number of carboxylic acids is 1. The molecule has 0 saturated heterocycles. The van der Waals surface area contributed by atoms with Crippen LogP contribution in [0.4, 0.5) is 4.79 Å². The molecule has 1 aliphatic carbocycles. The minimum absolute atomic E-state index is 0.0148. The summed E-state index contributed by atoms with van der Waals surface area (Å²) in [5.74, 6) is -1.98. The molecule has 0 radical (unpaired) electrons. The number of hydrogen-bond acceptors (Lipinski definition) is 5. The number of aliphatic carboxylic acids is 1. The standard InChI is InChI=1S/C24H28N2O6/c1-15(22(28)25-13-11-21(27)23(29)30)10-12-26-24(31)32-14-20-18-8-4-2-6-16(18)17-7-3-5-9-19(17)20/h2-9,15,20-21,27H,10-14H2,1H3,(H,25,28)(H,26,31)(H,29,30)/t15?,21-/m0/s1. The lowest BCUT2D eigenvalue weighted by Gasteiger charge is -2.16. The minimum atomic E-state index is -1.50. The molecule has 4 N–H and O–H groups in total. The first-order chi connectivity index (χ1) is 15.4. The summed E-state index contributed by atoms with van der Waals surface area (Å²) in [6.45, 7) is 2.27. The molecule has 2 atom stereocenters. The van der Waals surface area contributed by atoms with E-state index in [1.54, 1.807) is 6.92 Å². The first-order valence-corrected chi connectivity index (χ1v) is 10.7. The summed E-state index contributed by atoms with van der Waals surface area (Å²) in [5.41, 5.74) is 4.60. The van der Waals surface area contributed by atoms with E-state index in [-0.39, 0.29) is 43.9 Å². The zero-order valence-electron chi connectivity index (χ0n) is 17.9. The number of rotatable bonds is 10. The number of aliphatic hydroxyl groups is 1. The summed E-state index contributed by atoms with van der Waals surface area (Å²) < 4.78 is 5.46. The van der Waals surface area contributed by atoms with Gasteiger partial charge in [-0.3, -0.25) is 4.79 Å². The van der Waals surface area contributed by atoms with Crippen LogP contribution in [0.3, 0.4) is 0 Å². The van der Waals surface area contributed by atoms with Gasteiger partial charge in [-0.25, -0.2) is 9.59 Å². The molecule has 0 spiro atoms. The number of benzene rings is 2. The third kappa shape index (κ3) is 5.64. The maximum absolute atomic E-state index is 12.2. The van der Waals surface area contributed by atoms with Gasteiger partial charge in [0.2, 0.25) is 5.91 Å². The van der Waals surface area contributed by atoms with Crippen molar-refractivity contribution in [3.8, 4) is 11.1 Å². The van der Waals surface area contributed by atoms with E-state index in [1.807, 2.05) is 24.3 Å². The van der Waals surface area contributed by atoms with Crippen LogP contribution in [0.2, 0.25) is 0 Å². The minimum Gasteiger partial charge on any atom is -0.479 e. The third-order valence-electron chi connectivity index (χ3n) is 5.64. The number of aliphatic hydroxyl groups excluding tert-OH is 1. The zero-order valence-corrected chi connectivity index (χ0v) is 17.9. The van der Waals surface area contributed by atoms with E-state index in [4.69, 9.17) is 9.84 Å². The molecule has 0 fully saturated rings. The fourth-order valence-corrected chi connectivity index (χ4v) is 3.80. The predicted octanol–water partition coefficient (Wildman–Crippen LogP) is 2.50. The highest BCUT2D eigenvalue weighted by Gasteiger charge is 2.29. The van der Waals surface area contributed by atoms with Gasteiger partial charge in [0.25, 0.3) is 0 Å². The Morgan fingerprint density at radius 3 is 2.09 bits per heavy atom. The molecule has 0 aliphatic heterocycles. The molecule has 1 aliphatic rings. The number of carbonyl (C=O) groups is 3. The van der Waals surface area contributed by atoms with Gasteiger partial charge in [-0.1, -0.05) is 55.5 Å². The van der Waals surface area contributed by atoms with Crippen LogP contribution >= 0.6 is 0 Å². The lowest BCUT2D eigenvalue weighted by molar-refractivity contribution is -0.147. The van der Waals surface area contributed by atoms with Crippen LogP contribution in [0.25, 0.3) is 11.1 Å². The summed E-state index contributed by atoms with van der Waals surface area (Å²) >= 11 is 0. The molecule has 2 aromatic rings. The van der Waals surface area contributed by atoms with Crippen LogP contribution in [0, 0.1) is 5.92 Å². The van der Waals surface area contributed by atoms with Gasteiger partial charge < -0.3 is 25.6 Å². The molecule has 8 heteroatoms. The Hall–Kier alpha value is -3.39. The van der Waals surface area contributed by atoms with E-state index in [2.05, 4.69) is 34.9 Å². The van der Waals surface area contributed by atoms with E-state index in [0.29, 0.717) is 6.42 Å². The van der Waals surface area contributed by atoms with Crippen LogP contribution in [-0.2, 0) is 14.3 Å². The number of carbonyl (C=O) groups excluding carboxylic acids is 2. The number of ether oxygens (including phenoxy) is 1. The first-order valence-electron chi connectivity index (χ1n) is 10.7. The van der Waals surface area contributed by atoms with Crippen LogP contribution in [0.15, 0.2) is 48.5 Å². The number of carboxylic acid groups (broad SMARTS) is 1. The summed E-state index contributed by atoms with van der Waals surface area (Å²) in [7, 11) is 0. The van der Waals surface area contributed by atoms with E-state index in [1.165, 1.54) is 0 Å². The maximum atomic E-state index is 12.2. The van der Waals surface area contributed by atoms with Crippen LogP contribution in [0.1, 0.15) is 36.8 Å². The smallest absolute Gasteiger partial charge is 0.407 e. The first kappa shape index (κ1) is 23.3. The van der Waals surface area contributed by atoms with Gasteiger partial charge in [0.1, 0.15) is 6.61 Å². The van der Waals surface area contributed by atoms with Crippen molar-refractivity contribution < 1.29 is 29.3 Å². The summed E-state index contributed by atoms with van der Waals surface area (Å²) in [6.07, 6.45) is -1.70. The lowest BCUT2D eigenvalue weighted by atomic mass is 9.98. The number of amides is 2. The van der Waals surface area contributed by atoms with Gasteiger partial charge in [0.15, 0.2) is 6.10 Å². The van der Waals surface area contributed by atoms with Crippen LogP contribution < -0.4 is 10.6 Å². The number of hydrogen-bond donors (Lipinski definition) is 4. The Labute approximate surface area is 186 Å². The number of fused-ring (bicyclic) bond motifs is 3. The molecule has 2 amide bonds. The Morgan fingerprint density at radius 2 is 1.50 bits per heavy atom. The zero-order chi connectivity index (χ0) is 23.1. The van der Waals surface area contributed by atoms with Crippen LogP contribution in [-0.4, -0.2) is 54.0 Å². The van der Waals surface area contributed by atoms with Gasteiger partial charge in [-0.2, -0.15) is 0 Å². The average molecular weight is 440 g/mol. The molecule has 32 heavy (non-hydrogen) atoms. The lowest BCUT2D eigenvalue weighted by Crippen LogP contribution is -2.35. The Bertz CT molecular complexity index is 931. The second-order valence-corrected chi connectivity index (χ2v) is 7.88. The highest BCUT2D eigenvalue weighted by molar-refractivity contribution is 5.79. The summed E-state index contributed by atoms with van der Waals surface area (Å²) in [6, 6.07) is 16.2. The normalized spacial score (nSPS) is 14.1. The van der Waals surface area contributed by atoms with E-state index < -0.39 is 18.2 Å². The molecule has 1 unspecified atom stereocenters. The van der Waals surface area contributed by atoms with Crippen molar-refractivity contribution in [1.29, 1.82) is 0 Å². The second kappa shape index (κ2) is 10.8. The maximum Gasteiger partial charge on any atom is 0.407 e. The topological polar surface area (TPSA) is 125 Å². The van der Waals surface area contributed by atoms with E-state index in [0.717, 1.165) is 22.3 Å². The molecule has 170 valence electrons. The molecule has 0 aromatic heterocycles. The van der Waals surface area contributed by atoms with Crippen LogP contribution in [0.5, 0.6) is 0 Å². The Balaban J connectivity index is 1.40. The Morgan fingerprint density at radius 1 is 0.938 bits per heavy atom. The molecular weight excluding hydrogens is 412 g/mol. The Kier molecular flexibility index (Phi) is 7.83. The fraction of sp³-hybridized carbons (Fsp3) is 0.375. The SMILES string of the molecule is CC(CCNC(=O)OCC1c2ccccc2-c2ccccc21)C(=O)NCC[C@H](O)C(=O)O. The number of nitrogens with one attached hydrogen (secondary N) is 2.